The molecular weight excluding hydrogens is 257 g/mol. The van der Waals surface area contributed by atoms with E-state index in [2.05, 4.69) is 15.6 Å². The molecule has 0 aliphatic rings. The fraction of sp³-hybridized carbons (Fsp3) is 0.600. The summed E-state index contributed by atoms with van der Waals surface area (Å²) in [6.45, 7) is 10.8. The van der Waals surface area contributed by atoms with Crippen LogP contribution < -0.4 is 10.6 Å². The highest BCUT2D eigenvalue weighted by molar-refractivity contribution is 5.98. The third-order valence-corrected chi connectivity index (χ3v) is 3.29. The molecule has 0 bridgehead atoms. The lowest BCUT2D eigenvalue weighted by Crippen LogP contribution is -2.41. The third-order valence-electron chi connectivity index (χ3n) is 3.29. The number of aromatic nitrogens is 1. The predicted molar refractivity (Wildman–Crippen MR) is 79.4 cm³/mol. The summed E-state index contributed by atoms with van der Waals surface area (Å²) in [5.41, 5.74) is 0.183. The van der Waals surface area contributed by atoms with Crippen LogP contribution in [-0.2, 0) is 0 Å². The van der Waals surface area contributed by atoms with Crippen molar-refractivity contribution in [2.24, 2.45) is 5.41 Å². The fourth-order valence-electron chi connectivity index (χ4n) is 1.49. The van der Waals surface area contributed by atoms with Gasteiger partial charge in [0.15, 0.2) is 0 Å². The summed E-state index contributed by atoms with van der Waals surface area (Å²) in [5.74, 6) is -0.398. The number of hydrogen-bond acceptors (Lipinski definition) is 3. The van der Waals surface area contributed by atoms with Gasteiger partial charge in [0.1, 0.15) is 11.6 Å². The van der Waals surface area contributed by atoms with Crippen LogP contribution in [0, 0.1) is 11.2 Å². The molecule has 20 heavy (non-hydrogen) atoms. The molecule has 0 aliphatic heterocycles. The van der Waals surface area contributed by atoms with E-state index in [1.807, 2.05) is 34.6 Å². The lowest BCUT2D eigenvalue weighted by molar-refractivity contribution is 0.0910. The van der Waals surface area contributed by atoms with E-state index in [1.165, 1.54) is 6.07 Å². The standard InChI is InChI=1S/C15H24FN3O/c1-6-7-17-13-12(8-11(16)9-18-13)14(20)19-10(2)15(3,4)5/h8-10H,6-7H2,1-5H3,(H,17,18)(H,19,20). The normalized spacial score (nSPS) is 12.9. The Kier molecular flexibility index (Phi) is 5.48. The second kappa shape index (κ2) is 6.68. The van der Waals surface area contributed by atoms with Gasteiger partial charge in [-0.2, -0.15) is 0 Å². The third kappa shape index (κ3) is 4.47. The Morgan fingerprint density at radius 3 is 2.65 bits per heavy atom. The van der Waals surface area contributed by atoms with Gasteiger partial charge in [0.2, 0.25) is 0 Å². The maximum absolute atomic E-state index is 13.3. The molecular formula is C15H24FN3O. The summed E-state index contributed by atoms with van der Waals surface area (Å²) in [6.07, 6.45) is 2.01. The Hall–Kier alpha value is -1.65. The van der Waals surface area contributed by atoms with Gasteiger partial charge in [-0.25, -0.2) is 9.37 Å². The van der Waals surface area contributed by atoms with Crippen molar-refractivity contribution in [1.82, 2.24) is 10.3 Å². The van der Waals surface area contributed by atoms with Gasteiger partial charge in [0.05, 0.1) is 11.8 Å². The van der Waals surface area contributed by atoms with Crippen molar-refractivity contribution >= 4 is 11.7 Å². The van der Waals surface area contributed by atoms with E-state index in [0.717, 1.165) is 12.6 Å². The fourth-order valence-corrected chi connectivity index (χ4v) is 1.49. The molecule has 112 valence electrons. The summed E-state index contributed by atoms with van der Waals surface area (Å²) in [7, 11) is 0. The van der Waals surface area contributed by atoms with E-state index in [9.17, 15) is 9.18 Å². The van der Waals surface area contributed by atoms with Gasteiger partial charge in [-0.15, -0.1) is 0 Å². The minimum atomic E-state index is -0.513. The van der Waals surface area contributed by atoms with Crippen molar-refractivity contribution in [2.75, 3.05) is 11.9 Å². The highest BCUT2D eigenvalue weighted by Gasteiger charge is 2.23. The Labute approximate surface area is 120 Å². The van der Waals surface area contributed by atoms with Gasteiger partial charge in [-0.3, -0.25) is 4.79 Å². The average molecular weight is 281 g/mol. The second-order valence-corrected chi connectivity index (χ2v) is 6.04. The summed E-state index contributed by atoms with van der Waals surface area (Å²) >= 11 is 0. The van der Waals surface area contributed by atoms with Gasteiger partial charge < -0.3 is 10.6 Å². The first-order chi connectivity index (χ1) is 9.25. The van der Waals surface area contributed by atoms with Gasteiger partial charge in [0, 0.05) is 12.6 Å². The van der Waals surface area contributed by atoms with Crippen LogP contribution in [-0.4, -0.2) is 23.5 Å². The average Bonchev–Trinajstić information content (AvgIpc) is 2.36. The number of pyridine rings is 1. The molecule has 1 atom stereocenters. The molecule has 0 radical (unpaired) electrons. The lowest BCUT2D eigenvalue weighted by Gasteiger charge is -2.28. The van der Waals surface area contributed by atoms with E-state index in [-0.39, 0.29) is 22.9 Å². The first kappa shape index (κ1) is 16.4. The Balaban J connectivity index is 2.93. The molecule has 0 spiro atoms. The first-order valence-corrected chi connectivity index (χ1v) is 6.96. The summed E-state index contributed by atoms with van der Waals surface area (Å²) in [4.78, 5) is 16.2. The summed E-state index contributed by atoms with van der Waals surface area (Å²) in [6, 6.07) is 1.19. The molecule has 0 fully saturated rings. The maximum atomic E-state index is 13.3. The molecule has 0 aromatic carbocycles. The van der Waals surface area contributed by atoms with Gasteiger partial charge in [-0.1, -0.05) is 27.7 Å². The van der Waals surface area contributed by atoms with Gasteiger partial charge >= 0.3 is 0 Å². The molecule has 0 saturated heterocycles. The van der Waals surface area contributed by atoms with E-state index in [0.29, 0.717) is 12.4 Å². The van der Waals surface area contributed by atoms with Crippen LogP contribution in [0.2, 0.25) is 0 Å². The van der Waals surface area contributed by atoms with Crippen LogP contribution >= 0.6 is 0 Å². The largest absolute Gasteiger partial charge is 0.369 e. The molecule has 0 aliphatic carbocycles. The smallest absolute Gasteiger partial charge is 0.255 e. The zero-order chi connectivity index (χ0) is 15.3. The van der Waals surface area contributed by atoms with Crippen molar-refractivity contribution < 1.29 is 9.18 Å². The number of carbonyl (C=O) groups excluding carboxylic acids is 1. The van der Waals surface area contributed by atoms with Crippen LogP contribution in [0.1, 0.15) is 51.4 Å². The Bertz CT molecular complexity index is 469. The number of nitrogens with one attached hydrogen (secondary N) is 2. The van der Waals surface area contributed by atoms with Crippen molar-refractivity contribution in [2.45, 2.75) is 47.1 Å². The number of halogens is 1. The lowest BCUT2D eigenvalue weighted by atomic mass is 9.88. The second-order valence-electron chi connectivity index (χ2n) is 6.04. The molecule has 4 nitrogen and oxygen atoms in total. The van der Waals surface area contributed by atoms with Crippen LogP contribution in [0.3, 0.4) is 0 Å². The van der Waals surface area contributed by atoms with E-state index >= 15 is 0 Å². The molecule has 1 amide bonds. The molecule has 1 rings (SSSR count). The van der Waals surface area contributed by atoms with Crippen LogP contribution in [0.25, 0.3) is 0 Å². The topological polar surface area (TPSA) is 54.0 Å². The predicted octanol–water partition coefficient (Wildman–Crippen LogP) is 3.21. The zero-order valence-electron chi connectivity index (χ0n) is 12.9. The monoisotopic (exact) mass is 281 g/mol. The van der Waals surface area contributed by atoms with E-state index < -0.39 is 5.82 Å². The zero-order valence-corrected chi connectivity index (χ0v) is 12.9. The maximum Gasteiger partial charge on any atom is 0.255 e. The molecule has 1 aromatic heterocycles. The van der Waals surface area contributed by atoms with Crippen LogP contribution in [0.4, 0.5) is 10.2 Å². The van der Waals surface area contributed by atoms with Crippen molar-refractivity contribution in [1.29, 1.82) is 0 Å². The van der Waals surface area contributed by atoms with Crippen molar-refractivity contribution in [3.63, 3.8) is 0 Å². The van der Waals surface area contributed by atoms with Gasteiger partial charge in [-0.05, 0) is 24.8 Å². The molecule has 1 heterocycles. The van der Waals surface area contributed by atoms with Crippen LogP contribution in [0.15, 0.2) is 12.3 Å². The Morgan fingerprint density at radius 1 is 1.45 bits per heavy atom. The minimum Gasteiger partial charge on any atom is -0.369 e. The van der Waals surface area contributed by atoms with E-state index in [4.69, 9.17) is 0 Å². The molecule has 1 unspecified atom stereocenters. The minimum absolute atomic E-state index is 0.0303. The highest BCUT2D eigenvalue weighted by Crippen LogP contribution is 2.20. The highest BCUT2D eigenvalue weighted by atomic mass is 19.1. The Morgan fingerprint density at radius 2 is 2.10 bits per heavy atom. The summed E-state index contributed by atoms with van der Waals surface area (Å²) in [5, 5.41) is 5.94. The first-order valence-electron chi connectivity index (χ1n) is 6.96. The van der Waals surface area contributed by atoms with Gasteiger partial charge in [0.25, 0.3) is 5.91 Å². The molecule has 2 N–H and O–H groups in total. The van der Waals surface area contributed by atoms with Crippen molar-refractivity contribution in [3.05, 3.63) is 23.6 Å². The number of hydrogen-bond donors (Lipinski definition) is 2. The quantitative estimate of drug-likeness (QED) is 0.871. The number of carbonyl (C=O) groups is 1. The van der Waals surface area contributed by atoms with Crippen LogP contribution in [0.5, 0.6) is 0 Å². The van der Waals surface area contributed by atoms with Crippen molar-refractivity contribution in [3.8, 4) is 0 Å². The molecule has 1 aromatic rings. The number of anilines is 1. The summed E-state index contributed by atoms with van der Waals surface area (Å²) < 4.78 is 13.3. The number of rotatable bonds is 5. The number of amides is 1. The van der Waals surface area contributed by atoms with E-state index in [1.54, 1.807) is 0 Å². The molecule has 5 heteroatoms. The number of nitrogens with zero attached hydrogens (tertiary/aromatic N) is 1. The SMILES string of the molecule is CCCNc1ncc(F)cc1C(=O)NC(C)C(C)(C)C. The molecule has 0 saturated carbocycles.